The molecule has 92 valence electrons. The van der Waals surface area contributed by atoms with Gasteiger partial charge in [-0.05, 0) is 12.0 Å². The van der Waals surface area contributed by atoms with Gasteiger partial charge in [0.05, 0.1) is 6.61 Å². The van der Waals surface area contributed by atoms with Crippen LogP contribution in [0.2, 0.25) is 0 Å². The molecule has 1 heterocycles. The maximum atomic E-state index is 12.1. The summed E-state index contributed by atoms with van der Waals surface area (Å²) in [4.78, 5) is 12.1. The zero-order valence-electron chi connectivity index (χ0n) is 10.1. The van der Waals surface area contributed by atoms with Gasteiger partial charge in [-0.3, -0.25) is 4.79 Å². The van der Waals surface area contributed by atoms with Gasteiger partial charge < -0.3 is 4.74 Å². The van der Waals surface area contributed by atoms with Crippen molar-refractivity contribution >= 4 is 17.5 Å². The largest absolute Gasteiger partial charge is 0.368 e. The Morgan fingerprint density at radius 2 is 2.18 bits per heavy atom. The molecule has 0 aliphatic carbocycles. The Morgan fingerprint density at radius 3 is 2.76 bits per heavy atom. The standard InChI is InChI=1S/C14H18O2S/c1-2-3-11-4-6-12(7-5-11)14(15)13-10-17-9-8-16-13/h4-7,13H,2-3,8-10H2,1H3. The number of ketones is 1. The summed E-state index contributed by atoms with van der Waals surface area (Å²) < 4.78 is 5.50. The van der Waals surface area contributed by atoms with Crippen molar-refractivity contribution < 1.29 is 9.53 Å². The summed E-state index contributed by atoms with van der Waals surface area (Å²) in [6, 6.07) is 7.95. The first kappa shape index (κ1) is 12.7. The van der Waals surface area contributed by atoms with Gasteiger partial charge in [-0.15, -0.1) is 0 Å². The van der Waals surface area contributed by atoms with Crippen LogP contribution in [0.3, 0.4) is 0 Å². The number of carbonyl (C=O) groups is 1. The Kier molecular flexibility index (Phi) is 4.63. The topological polar surface area (TPSA) is 26.3 Å². The van der Waals surface area contributed by atoms with Gasteiger partial charge in [-0.25, -0.2) is 0 Å². The molecule has 2 nitrogen and oxygen atoms in total. The van der Waals surface area contributed by atoms with Crippen molar-refractivity contribution in [1.29, 1.82) is 0 Å². The fraction of sp³-hybridized carbons (Fsp3) is 0.500. The van der Waals surface area contributed by atoms with E-state index in [2.05, 4.69) is 6.92 Å². The van der Waals surface area contributed by atoms with Gasteiger partial charge in [0.2, 0.25) is 0 Å². The van der Waals surface area contributed by atoms with E-state index in [0.29, 0.717) is 6.61 Å². The predicted octanol–water partition coefficient (Wildman–Crippen LogP) is 2.95. The number of aryl methyl sites for hydroxylation is 1. The number of rotatable bonds is 4. The zero-order chi connectivity index (χ0) is 12.1. The predicted molar refractivity (Wildman–Crippen MR) is 71.8 cm³/mol. The number of ether oxygens (including phenoxy) is 1. The van der Waals surface area contributed by atoms with E-state index < -0.39 is 0 Å². The van der Waals surface area contributed by atoms with E-state index in [1.165, 1.54) is 5.56 Å². The van der Waals surface area contributed by atoms with Gasteiger partial charge >= 0.3 is 0 Å². The molecule has 1 aliphatic rings. The third-order valence-corrected chi connectivity index (χ3v) is 3.88. The average Bonchev–Trinajstić information content (AvgIpc) is 2.40. The van der Waals surface area contributed by atoms with Gasteiger partial charge in [0.15, 0.2) is 5.78 Å². The lowest BCUT2D eigenvalue weighted by atomic mass is 10.0. The molecule has 1 fully saturated rings. The van der Waals surface area contributed by atoms with Crippen LogP contribution in [-0.2, 0) is 11.2 Å². The molecule has 1 saturated heterocycles. The summed E-state index contributed by atoms with van der Waals surface area (Å²) in [6.07, 6.45) is 1.96. The molecule has 1 unspecified atom stereocenters. The first-order valence-corrected chi connectivity index (χ1v) is 7.29. The molecule has 0 N–H and O–H groups in total. The molecule has 3 heteroatoms. The van der Waals surface area contributed by atoms with Crippen molar-refractivity contribution in [2.75, 3.05) is 18.1 Å². The van der Waals surface area contributed by atoms with Crippen LogP contribution in [0, 0.1) is 0 Å². The molecule has 0 amide bonds. The van der Waals surface area contributed by atoms with Gasteiger partial charge in [0.1, 0.15) is 6.10 Å². The van der Waals surface area contributed by atoms with Crippen molar-refractivity contribution in [2.45, 2.75) is 25.9 Å². The maximum Gasteiger partial charge on any atom is 0.192 e. The molecule has 2 rings (SSSR count). The average molecular weight is 250 g/mol. The van der Waals surface area contributed by atoms with Crippen molar-refractivity contribution in [3.63, 3.8) is 0 Å². The maximum absolute atomic E-state index is 12.1. The van der Waals surface area contributed by atoms with Crippen molar-refractivity contribution in [3.8, 4) is 0 Å². The molecule has 0 radical (unpaired) electrons. The van der Waals surface area contributed by atoms with Crippen LogP contribution in [0.25, 0.3) is 0 Å². The molecular weight excluding hydrogens is 232 g/mol. The molecule has 0 saturated carbocycles. The monoisotopic (exact) mass is 250 g/mol. The van der Waals surface area contributed by atoms with Gasteiger partial charge in [0.25, 0.3) is 0 Å². The lowest BCUT2D eigenvalue weighted by molar-refractivity contribution is 0.0519. The fourth-order valence-electron chi connectivity index (χ4n) is 1.95. The van der Waals surface area contributed by atoms with Crippen molar-refractivity contribution in [1.82, 2.24) is 0 Å². The molecule has 0 bridgehead atoms. The molecule has 1 aromatic rings. The number of hydrogen-bond donors (Lipinski definition) is 0. The van der Waals surface area contributed by atoms with Gasteiger partial charge in [-0.1, -0.05) is 37.6 Å². The van der Waals surface area contributed by atoms with Crippen LogP contribution in [-0.4, -0.2) is 30.0 Å². The Bertz CT molecular complexity index is 366. The van der Waals surface area contributed by atoms with Crippen molar-refractivity contribution in [2.24, 2.45) is 0 Å². The van der Waals surface area contributed by atoms with E-state index in [1.54, 1.807) is 11.8 Å². The third kappa shape index (κ3) is 3.33. The fourth-order valence-corrected chi connectivity index (χ4v) is 2.79. The second-order valence-electron chi connectivity index (χ2n) is 4.25. The van der Waals surface area contributed by atoms with E-state index in [-0.39, 0.29) is 11.9 Å². The summed E-state index contributed by atoms with van der Waals surface area (Å²) in [6.45, 7) is 2.85. The van der Waals surface area contributed by atoms with E-state index in [4.69, 9.17) is 4.74 Å². The highest BCUT2D eigenvalue weighted by Gasteiger charge is 2.23. The minimum atomic E-state index is -0.245. The lowest BCUT2D eigenvalue weighted by Crippen LogP contribution is -2.31. The Balaban J connectivity index is 2.03. The number of thioether (sulfide) groups is 1. The number of carbonyl (C=O) groups excluding carboxylic acids is 1. The minimum Gasteiger partial charge on any atom is -0.368 e. The number of benzene rings is 1. The van der Waals surface area contributed by atoms with Gasteiger partial charge in [0, 0.05) is 17.1 Å². The van der Waals surface area contributed by atoms with Crippen molar-refractivity contribution in [3.05, 3.63) is 35.4 Å². The second-order valence-corrected chi connectivity index (χ2v) is 5.40. The highest BCUT2D eigenvalue weighted by atomic mass is 32.2. The molecule has 0 spiro atoms. The van der Waals surface area contributed by atoms with E-state index in [0.717, 1.165) is 29.9 Å². The summed E-state index contributed by atoms with van der Waals surface area (Å²) in [5, 5.41) is 0. The van der Waals surface area contributed by atoms with Crippen LogP contribution in [0.1, 0.15) is 29.3 Å². The first-order valence-electron chi connectivity index (χ1n) is 6.13. The Labute approximate surface area is 107 Å². The molecule has 1 atom stereocenters. The Morgan fingerprint density at radius 1 is 1.41 bits per heavy atom. The molecular formula is C14H18O2S. The van der Waals surface area contributed by atoms with Crippen LogP contribution in [0.4, 0.5) is 0 Å². The van der Waals surface area contributed by atoms with Crippen LogP contribution >= 0.6 is 11.8 Å². The zero-order valence-corrected chi connectivity index (χ0v) is 11.0. The SMILES string of the molecule is CCCc1ccc(C(=O)C2CSCCO2)cc1. The molecule has 17 heavy (non-hydrogen) atoms. The van der Waals surface area contributed by atoms with Crippen LogP contribution < -0.4 is 0 Å². The van der Waals surface area contributed by atoms with E-state index in [1.807, 2.05) is 24.3 Å². The quantitative estimate of drug-likeness (QED) is 0.769. The summed E-state index contributed by atoms with van der Waals surface area (Å²) >= 11 is 1.79. The van der Waals surface area contributed by atoms with Crippen LogP contribution in [0.5, 0.6) is 0 Å². The Hall–Kier alpha value is -0.800. The third-order valence-electron chi connectivity index (χ3n) is 2.89. The molecule has 0 aromatic heterocycles. The highest BCUT2D eigenvalue weighted by Crippen LogP contribution is 2.17. The summed E-state index contributed by atoms with van der Waals surface area (Å²) in [7, 11) is 0. The van der Waals surface area contributed by atoms with Crippen LogP contribution in [0.15, 0.2) is 24.3 Å². The minimum absolute atomic E-state index is 0.125. The number of hydrogen-bond acceptors (Lipinski definition) is 3. The molecule has 1 aliphatic heterocycles. The smallest absolute Gasteiger partial charge is 0.192 e. The number of Topliss-reactive ketones (excluding diaryl/α,β-unsaturated/α-hetero) is 1. The van der Waals surface area contributed by atoms with E-state index >= 15 is 0 Å². The molecule has 1 aromatic carbocycles. The summed E-state index contributed by atoms with van der Waals surface area (Å²) in [5.41, 5.74) is 2.07. The second kappa shape index (κ2) is 6.22. The first-order chi connectivity index (χ1) is 8.31. The highest BCUT2D eigenvalue weighted by molar-refractivity contribution is 7.99. The van der Waals surface area contributed by atoms with E-state index in [9.17, 15) is 4.79 Å². The lowest BCUT2D eigenvalue weighted by Gasteiger charge is -2.21. The van der Waals surface area contributed by atoms with Gasteiger partial charge in [-0.2, -0.15) is 11.8 Å². The summed E-state index contributed by atoms with van der Waals surface area (Å²) in [5.74, 6) is 1.91. The normalized spacial score (nSPS) is 20.2.